The third-order valence-corrected chi connectivity index (χ3v) is 13.0. The van der Waals surface area contributed by atoms with Gasteiger partial charge in [-0.25, -0.2) is 16.2 Å². The van der Waals surface area contributed by atoms with Gasteiger partial charge in [-0.15, -0.1) is 0 Å². The fraction of sp³-hybridized carbons (Fsp3) is 0.810. The van der Waals surface area contributed by atoms with Crippen molar-refractivity contribution in [1.82, 2.24) is 10.9 Å². The van der Waals surface area contributed by atoms with Crippen molar-refractivity contribution >= 4 is 26.9 Å². The Morgan fingerprint density at radius 1 is 1.04 bits per heavy atom. The molecule has 8 unspecified atom stereocenters. The van der Waals surface area contributed by atoms with Gasteiger partial charge >= 0.3 is 5.97 Å². The Labute approximate surface area is 319 Å². The quantitative estimate of drug-likeness (QED) is 0.0258. The predicted molar refractivity (Wildman–Crippen MR) is 218 cm³/mol. The van der Waals surface area contributed by atoms with E-state index in [1.54, 1.807) is 0 Å². The summed E-state index contributed by atoms with van der Waals surface area (Å²) >= 11 is 0. The van der Waals surface area contributed by atoms with Gasteiger partial charge in [0.2, 0.25) is 0 Å². The Morgan fingerprint density at radius 3 is 2.37 bits per heavy atom. The van der Waals surface area contributed by atoms with Gasteiger partial charge in [-0.2, -0.15) is 5.10 Å². The molecule has 6 N–H and O–H groups in total. The first kappa shape index (κ1) is 42.6. The Kier molecular flexibility index (Phi) is 15.5. The Hall–Kier alpha value is -2.19. The molecular weight excluding hydrogens is 644 g/mol. The number of hydrogen-bond acceptors (Lipinski definition) is 7. The summed E-state index contributed by atoms with van der Waals surface area (Å²) < 4.78 is 12.3. The van der Waals surface area contributed by atoms with Gasteiger partial charge in [0, 0.05) is 12.0 Å². The summed E-state index contributed by atoms with van der Waals surface area (Å²) in [4.78, 5) is 13.5. The predicted octanol–water partition coefficient (Wildman–Crippen LogP) is 8.28. The minimum atomic E-state index is -0.603. The van der Waals surface area contributed by atoms with Crippen LogP contribution in [-0.2, 0) is 11.2 Å². The maximum absolute atomic E-state index is 13.5. The van der Waals surface area contributed by atoms with Crippen molar-refractivity contribution in [2.24, 2.45) is 46.3 Å². The van der Waals surface area contributed by atoms with Crippen molar-refractivity contribution in [3.05, 3.63) is 22.3 Å². The van der Waals surface area contributed by atoms with Crippen LogP contribution in [0.4, 0.5) is 0 Å². The molecule has 0 aromatic heterocycles. The zero-order valence-corrected chi connectivity index (χ0v) is 34.3. The van der Waals surface area contributed by atoms with Crippen LogP contribution in [0.25, 0.3) is 0 Å². The summed E-state index contributed by atoms with van der Waals surface area (Å²) in [6.07, 6.45) is 19.0. The molecule has 5 rings (SSSR count). The molecule has 3 fully saturated rings. The zero-order valence-electron chi connectivity index (χ0n) is 34.3. The molecule has 8 nitrogen and oxygen atoms in total. The van der Waals surface area contributed by atoms with Gasteiger partial charge in [0.05, 0.1) is 14.0 Å². The van der Waals surface area contributed by atoms with Crippen molar-refractivity contribution in [1.29, 1.82) is 0 Å². The van der Waals surface area contributed by atoms with Crippen molar-refractivity contribution in [2.75, 3.05) is 0 Å². The van der Waals surface area contributed by atoms with Crippen LogP contribution in [0.1, 0.15) is 160 Å². The van der Waals surface area contributed by atoms with Crippen molar-refractivity contribution in [2.45, 2.75) is 188 Å². The Morgan fingerprint density at radius 2 is 1.71 bits per heavy atom. The maximum Gasteiger partial charge on any atom is 0.328 e. The molecule has 1 aromatic rings. The molecule has 3 heterocycles. The van der Waals surface area contributed by atoms with Gasteiger partial charge in [0.1, 0.15) is 30.7 Å². The average molecular weight is 717 g/mol. The number of nitrogens with zero attached hydrogens (tertiary/aromatic N) is 1. The van der Waals surface area contributed by atoms with Gasteiger partial charge in [0.15, 0.2) is 0 Å². The number of ether oxygens (including phenoxy) is 2. The minimum absolute atomic E-state index is 0.0268. The number of hydrazone groups is 1. The summed E-state index contributed by atoms with van der Waals surface area (Å²) in [5.74, 6) is 10.8. The van der Waals surface area contributed by atoms with E-state index < -0.39 is 11.4 Å². The van der Waals surface area contributed by atoms with Crippen LogP contribution in [0.5, 0.6) is 11.5 Å². The molecule has 3 aliphatic heterocycles. The highest BCUT2D eigenvalue weighted by atomic mass is 16.5. The summed E-state index contributed by atoms with van der Waals surface area (Å²) in [7, 11) is 8.98. The molecule has 1 aromatic carbocycles. The van der Waals surface area contributed by atoms with Crippen LogP contribution >= 0.6 is 0 Å². The lowest BCUT2D eigenvalue weighted by atomic mass is 9.60. The second-order valence-corrected chi connectivity index (χ2v) is 17.7. The summed E-state index contributed by atoms with van der Waals surface area (Å²) in [6, 6.07) is -0.440. The number of fused-ring (bicyclic) bond motifs is 1. The molecule has 1 saturated carbocycles. The van der Waals surface area contributed by atoms with E-state index in [4.69, 9.17) is 28.9 Å². The smallest absolute Gasteiger partial charge is 0.328 e. The number of esters is 1. The number of piperidine rings is 1. The Balaban J connectivity index is 0.000000321. The molecule has 0 bridgehead atoms. The van der Waals surface area contributed by atoms with Crippen LogP contribution in [0, 0.1) is 50.4 Å². The molecular formula is C42H72B2N5O3. The van der Waals surface area contributed by atoms with E-state index >= 15 is 0 Å². The van der Waals surface area contributed by atoms with Crippen LogP contribution in [0.3, 0.4) is 0 Å². The standard InChI is InChI=1S/C26H38B2N5O3.C16H34/c1-13-5-7-19-16(4)22(14(2)15(3)23(19)35-13)36-24(34)20-12-18-11-17(6-8-21(29)32-33-30)9-10-25(18)26(27,28-25)31-20;1-6-9-15(4)12-8-13-16(5)11-7-10-14(2)3/h13,17-18,20,31,33H,5-12,30H2,1-4H3,(H2,29,32);14-16H,6-13H2,1-5H3. The van der Waals surface area contributed by atoms with E-state index in [9.17, 15) is 4.79 Å². The highest BCUT2D eigenvalue weighted by molar-refractivity contribution is 6.72. The fourth-order valence-corrected chi connectivity index (χ4v) is 9.52. The second kappa shape index (κ2) is 18.9. The van der Waals surface area contributed by atoms with Crippen LogP contribution in [0.2, 0.25) is 5.31 Å². The van der Waals surface area contributed by atoms with Crippen LogP contribution < -0.4 is 31.9 Å². The first-order chi connectivity index (χ1) is 24.6. The molecule has 4 aliphatic rings. The summed E-state index contributed by atoms with van der Waals surface area (Å²) in [5.41, 5.74) is 12.3. The molecule has 0 amide bonds. The van der Waals surface area contributed by atoms with E-state index in [1.807, 2.05) is 20.8 Å². The normalized spacial score (nSPS) is 28.9. The lowest BCUT2D eigenvalue weighted by Crippen LogP contribution is -2.55. The van der Waals surface area contributed by atoms with Gasteiger partial charge in [-0.1, -0.05) is 104 Å². The fourth-order valence-electron chi connectivity index (χ4n) is 9.52. The molecule has 289 valence electrons. The Bertz CT molecular complexity index is 1370. The van der Waals surface area contributed by atoms with E-state index in [0.29, 0.717) is 29.8 Å². The van der Waals surface area contributed by atoms with E-state index in [0.717, 1.165) is 90.7 Å². The second-order valence-electron chi connectivity index (χ2n) is 17.7. The third kappa shape index (κ3) is 10.5. The maximum atomic E-state index is 13.5. The van der Waals surface area contributed by atoms with Crippen molar-refractivity contribution in [3.8, 4) is 11.5 Å². The number of nitrogens with two attached hydrogens (primary N) is 2. The summed E-state index contributed by atoms with van der Waals surface area (Å²) in [5, 5.41) is 6.68. The molecule has 10 heteroatoms. The van der Waals surface area contributed by atoms with Crippen LogP contribution in [-0.4, -0.2) is 44.4 Å². The van der Waals surface area contributed by atoms with E-state index in [-0.39, 0.29) is 17.4 Å². The highest BCUT2D eigenvalue weighted by Crippen LogP contribution is 2.69. The van der Waals surface area contributed by atoms with E-state index in [1.165, 1.54) is 51.4 Å². The lowest BCUT2D eigenvalue weighted by molar-refractivity contribution is -0.138. The first-order valence-corrected chi connectivity index (χ1v) is 20.9. The monoisotopic (exact) mass is 717 g/mol. The molecule has 1 aliphatic carbocycles. The number of nitrogens with one attached hydrogen (secondary N) is 2. The van der Waals surface area contributed by atoms with Crippen LogP contribution in [0.15, 0.2) is 5.10 Å². The highest BCUT2D eigenvalue weighted by Gasteiger charge is 2.71. The van der Waals surface area contributed by atoms with Gasteiger partial charge in [0.25, 0.3) is 0 Å². The molecule has 8 atom stereocenters. The molecule has 52 heavy (non-hydrogen) atoms. The molecule has 3 radical (unpaired) electrons. The van der Waals surface area contributed by atoms with Gasteiger partial charge < -0.3 is 20.5 Å². The molecule has 1 spiro atoms. The number of benzene rings is 1. The number of rotatable bonds is 16. The zero-order chi connectivity index (χ0) is 38.2. The van der Waals surface area contributed by atoms with Gasteiger partial charge in [-0.05, 0) is 111 Å². The average Bonchev–Trinajstić information content (AvgIpc) is 3.71. The first-order valence-electron chi connectivity index (χ1n) is 20.9. The lowest BCUT2D eigenvalue weighted by Gasteiger charge is -2.47. The largest absolute Gasteiger partial charge is 0.490 e. The van der Waals surface area contributed by atoms with Crippen molar-refractivity contribution in [3.63, 3.8) is 0 Å². The van der Waals surface area contributed by atoms with Crippen molar-refractivity contribution < 1.29 is 14.3 Å². The minimum Gasteiger partial charge on any atom is -0.490 e. The van der Waals surface area contributed by atoms with E-state index in [2.05, 4.69) is 64.8 Å². The number of amidine groups is 1. The van der Waals surface area contributed by atoms with Gasteiger partial charge in [-0.3, -0.25) is 0 Å². The number of carbonyl (C=O) groups excluding carboxylic acids is 1. The number of hydrogen-bond donors (Lipinski definition) is 4. The third-order valence-electron chi connectivity index (χ3n) is 13.0. The molecule has 2 saturated heterocycles. The number of hydrazine groups is 1. The number of carbonyl (C=O) groups is 1. The topological polar surface area (TPSA) is 124 Å². The summed E-state index contributed by atoms with van der Waals surface area (Å²) in [6.45, 7) is 20.0. The SMILES string of the molecule is CCCC(C)CCCC(C)CCCC(C)C.[B]C12[B]C13CCC(CC/C(N)=N/NN)CC3CC(C(=O)Oc1c(C)c(C)c3c(c1C)CCC(C)O3)N2.